The minimum absolute atomic E-state index is 0.115. The summed E-state index contributed by atoms with van der Waals surface area (Å²) in [6.45, 7) is 3.69. The van der Waals surface area contributed by atoms with Gasteiger partial charge in [-0.3, -0.25) is 9.59 Å². The van der Waals surface area contributed by atoms with Crippen molar-refractivity contribution in [3.63, 3.8) is 0 Å². The third-order valence-corrected chi connectivity index (χ3v) is 3.89. The molecule has 2 amide bonds. The van der Waals surface area contributed by atoms with Gasteiger partial charge in [0.2, 0.25) is 5.91 Å². The molecule has 24 heavy (non-hydrogen) atoms. The van der Waals surface area contributed by atoms with E-state index in [4.69, 9.17) is 4.74 Å². The highest BCUT2D eigenvalue weighted by molar-refractivity contribution is 9.10. The van der Waals surface area contributed by atoms with Gasteiger partial charge >= 0.3 is 0 Å². The van der Waals surface area contributed by atoms with E-state index in [0.717, 1.165) is 15.6 Å². The van der Waals surface area contributed by atoms with Gasteiger partial charge in [0.1, 0.15) is 5.75 Å². The van der Waals surface area contributed by atoms with Crippen molar-refractivity contribution in [1.29, 1.82) is 0 Å². The van der Waals surface area contributed by atoms with Crippen molar-refractivity contribution < 1.29 is 14.3 Å². The quantitative estimate of drug-likeness (QED) is 0.795. The van der Waals surface area contributed by atoms with Crippen LogP contribution < -0.4 is 15.4 Å². The number of rotatable bonds is 6. The molecular weight excluding hydrogens is 372 g/mol. The van der Waals surface area contributed by atoms with Crippen molar-refractivity contribution in [2.75, 3.05) is 18.5 Å². The lowest BCUT2D eigenvalue weighted by Crippen LogP contribution is -2.35. The number of benzene rings is 2. The summed E-state index contributed by atoms with van der Waals surface area (Å²) in [6, 6.07) is 13.0. The van der Waals surface area contributed by atoms with Gasteiger partial charge in [0.05, 0.1) is 12.2 Å². The molecule has 5 nitrogen and oxygen atoms in total. The van der Waals surface area contributed by atoms with E-state index in [1.165, 1.54) is 0 Å². The largest absolute Gasteiger partial charge is 0.484 e. The van der Waals surface area contributed by atoms with Gasteiger partial charge in [-0.2, -0.15) is 0 Å². The highest BCUT2D eigenvalue weighted by Gasteiger charge is 2.08. The number of hydrogen-bond donors (Lipinski definition) is 2. The molecule has 0 unspecified atom stereocenters. The molecule has 0 fully saturated rings. The summed E-state index contributed by atoms with van der Waals surface area (Å²) in [5.41, 5.74) is 2.86. The van der Waals surface area contributed by atoms with E-state index < -0.39 is 0 Å². The van der Waals surface area contributed by atoms with Crippen LogP contribution in [0, 0.1) is 13.8 Å². The van der Waals surface area contributed by atoms with Crippen molar-refractivity contribution in [3.8, 4) is 5.75 Å². The molecule has 0 spiro atoms. The Morgan fingerprint density at radius 3 is 2.33 bits per heavy atom. The van der Waals surface area contributed by atoms with E-state index in [0.29, 0.717) is 11.4 Å². The van der Waals surface area contributed by atoms with Crippen molar-refractivity contribution in [1.82, 2.24) is 5.32 Å². The first-order chi connectivity index (χ1) is 11.4. The highest BCUT2D eigenvalue weighted by atomic mass is 79.9. The number of amides is 2. The van der Waals surface area contributed by atoms with E-state index in [1.54, 1.807) is 18.2 Å². The predicted octanol–water partition coefficient (Wildman–Crippen LogP) is 3.20. The second-order valence-corrected chi connectivity index (χ2v) is 6.26. The van der Waals surface area contributed by atoms with Crippen LogP contribution in [-0.2, 0) is 9.59 Å². The molecule has 6 heteroatoms. The number of aryl methyl sites for hydroxylation is 2. The molecule has 2 rings (SSSR count). The summed E-state index contributed by atoms with van der Waals surface area (Å²) in [7, 11) is 0. The Kier molecular flexibility index (Phi) is 6.37. The Morgan fingerprint density at radius 1 is 1.00 bits per heavy atom. The summed E-state index contributed by atoms with van der Waals surface area (Å²) in [5.74, 6) is -0.0410. The first-order valence-corrected chi connectivity index (χ1v) is 8.25. The Labute approximate surface area is 149 Å². The van der Waals surface area contributed by atoms with Crippen LogP contribution in [0.15, 0.2) is 46.9 Å². The van der Waals surface area contributed by atoms with Gasteiger partial charge in [-0.15, -0.1) is 0 Å². The number of halogens is 1. The Balaban J connectivity index is 1.74. The fourth-order valence-electron chi connectivity index (χ4n) is 1.93. The van der Waals surface area contributed by atoms with Crippen LogP contribution in [0.1, 0.15) is 11.1 Å². The number of anilines is 1. The third-order valence-electron chi connectivity index (χ3n) is 3.24. The van der Waals surface area contributed by atoms with Gasteiger partial charge in [-0.25, -0.2) is 0 Å². The van der Waals surface area contributed by atoms with Gasteiger partial charge in [0.15, 0.2) is 6.61 Å². The molecule has 126 valence electrons. The van der Waals surface area contributed by atoms with Crippen LogP contribution in [0.2, 0.25) is 0 Å². The van der Waals surface area contributed by atoms with E-state index >= 15 is 0 Å². The fourth-order valence-corrected chi connectivity index (χ4v) is 2.52. The standard InChI is InChI=1S/C18H19BrN2O3/c1-12-3-6-14(7-4-12)24-11-18(23)20-10-17(22)21-16-8-5-13(2)9-15(16)19/h3-9H,10-11H2,1-2H3,(H,20,23)(H,21,22). The predicted molar refractivity (Wildman–Crippen MR) is 97.2 cm³/mol. The lowest BCUT2D eigenvalue weighted by Gasteiger charge is -2.10. The lowest BCUT2D eigenvalue weighted by atomic mass is 10.2. The maximum absolute atomic E-state index is 11.9. The van der Waals surface area contributed by atoms with Crippen molar-refractivity contribution in [2.45, 2.75) is 13.8 Å². The summed E-state index contributed by atoms with van der Waals surface area (Å²) >= 11 is 3.39. The molecule has 2 aromatic rings. The van der Waals surface area contributed by atoms with Gasteiger partial charge in [-0.05, 0) is 59.6 Å². The average molecular weight is 391 g/mol. The summed E-state index contributed by atoms with van der Waals surface area (Å²) in [5, 5.41) is 5.26. The van der Waals surface area contributed by atoms with Gasteiger partial charge in [0, 0.05) is 4.47 Å². The second kappa shape index (κ2) is 8.49. The van der Waals surface area contributed by atoms with Crippen molar-refractivity contribution >= 4 is 33.4 Å². The number of nitrogens with one attached hydrogen (secondary N) is 2. The minimum atomic E-state index is -0.353. The lowest BCUT2D eigenvalue weighted by molar-refractivity contribution is -0.125. The number of carbonyl (C=O) groups excluding carboxylic acids is 2. The van der Waals surface area contributed by atoms with Gasteiger partial charge in [0.25, 0.3) is 5.91 Å². The Bertz CT molecular complexity index is 730. The molecule has 0 atom stereocenters. The molecule has 0 aliphatic heterocycles. The Morgan fingerprint density at radius 2 is 1.67 bits per heavy atom. The monoisotopic (exact) mass is 390 g/mol. The first kappa shape index (κ1) is 18.0. The molecule has 0 radical (unpaired) electrons. The van der Waals surface area contributed by atoms with E-state index in [2.05, 4.69) is 26.6 Å². The van der Waals surface area contributed by atoms with Gasteiger partial charge in [-0.1, -0.05) is 23.8 Å². The van der Waals surface area contributed by atoms with Gasteiger partial charge < -0.3 is 15.4 Å². The summed E-state index contributed by atoms with van der Waals surface area (Å²) in [6.07, 6.45) is 0. The number of ether oxygens (including phenoxy) is 1. The highest BCUT2D eigenvalue weighted by Crippen LogP contribution is 2.23. The number of hydrogen-bond acceptors (Lipinski definition) is 3. The van der Waals surface area contributed by atoms with Crippen LogP contribution >= 0.6 is 15.9 Å². The van der Waals surface area contributed by atoms with Crippen LogP contribution in [0.3, 0.4) is 0 Å². The van der Waals surface area contributed by atoms with E-state index in [-0.39, 0.29) is 25.0 Å². The molecule has 2 N–H and O–H groups in total. The molecule has 0 heterocycles. The molecular formula is C18H19BrN2O3. The smallest absolute Gasteiger partial charge is 0.258 e. The SMILES string of the molecule is Cc1ccc(OCC(=O)NCC(=O)Nc2ccc(C)cc2Br)cc1. The molecule has 0 aliphatic rings. The second-order valence-electron chi connectivity index (χ2n) is 5.41. The summed E-state index contributed by atoms with van der Waals surface area (Å²) < 4.78 is 6.15. The zero-order chi connectivity index (χ0) is 17.5. The average Bonchev–Trinajstić information content (AvgIpc) is 2.55. The Hall–Kier alpha value is -2.34. The third kappa shape index (κ3) is 5.70. The number of carbonyl (C=O) groups is 2. The molecule has 0 saturated carbocycles. The van der Waals surface area contributed by atoms with Crippen LogP contribution in [-0.4, -0.2) is 25.0 Å². The van der Waals surface area contributed by atoms with Crippen LogP contribution in [0.5, 0.6) is 5.75 Å². The maximum Gasteiger partial charge on any atom is 0.258 e. The zero-order valence-electron chi connectivity index (χ0n) is 13.6. The normalized spacial score (nSPS) is 10.1. The van der Waals surface area contributed by atoms with Crippen molar-refractivity contribution in [2.24, 2.45) is 0 Å². The van der Waals surface area contributed by atoms with Crippen molar-refractivity contribution in [3.05, 3.63) is 58.1 Å². The van der Waals surface area contributed by atoms with Crippen LogP contribution in [0.4, 0.5) is 5.69 Å². The zero-order valence-corrected chi connectivity index (χ0v) is 15.1. The molecule has 0 saturated heterocycles. The molecule has 2 aromatic carbocycles. The minimum Gasteiger partial charge on any atom is -0.484 e. The van der Waals surface area contributed by atoms with E-state index in [9.17, 15) is 9.59 Å². The van der Waals surface area contributed by atoms with E-state index in [1.807, 2.05) is 38.1 Å². The molecule has 0 bridgehead atoms. The fraction of sp³-hybridized carbons (Fsp3) is 0.222. The summed E-state index contributed by atoms with van der Waals surface area (Å²) in [4.78, 5) is 23.6. The molecule has 0 aromatic heterocycles. The molecule has 0 aliphatic carbocycles. The van der Waals surface area contributed by atoms with Crippen LogP contribution in [0.25, 0.3) is 0 Å². The maximum atomic E-state index is 11.9. The first-order valence-electron chi connectivity index (χ1n) is 7.46. The topological polar surface area (TPSA) is 67.4 Å².